The Morgan fingerprint density at radius 1 is 1.58 bits per heavy atom. The number of nitrogens with zero attached hydrogens (tertiary/aromatic N) is 1. The smallest absolute Gasteiger partial charge is 0.130 e. The molecular formula is C9H13ClN2. The fourth-order valence-electron chi connectivity index (χ4n) is 0.950. The lowest BCUT2D eigenvalue weighted by atomic mass is 10.2. The molecule has 0 saturated heterocycles. The van der Waals surface area contributed by atoms with Gasteiger partial charge in [-0.2, -0.15) is 0 Å². The summed E-state index contributed by atoms with van der Waals surface area (Å²) in [5, 5.41) is 3.23. The van der Waals surface area contributed by atoms with Crippen molar-refractivity contribution in [3.63, 3.8) is 0 Å². The molecule has 0 aromatic carbocycles. The van der Waals surface area contributed by atoms with Crippen molar-refractivity contribution in [2.24, 2.45) is 0 Å². The zero-order valence-corrected chi connectivity index (χ0v) is 8.10. The molecule has 66 valence electrons. The molecule has 0 saturated carbocycles. The van der Waals surface area contributed by atoms with Crippen molar-refractivity contribution in [3.05, 3.63) is 23.9 Å². The summed E-state index contributed by atoms with van der Waals surface area (Å²) in [5.41, 5.74) is 1.05. The summed E-state index contributed by atoms with van der Waals surface area (Å²) < 4.78 is 0. The zero-order chi connectivity index (χ0) is 8.97. The Morgan fingerprint density at radius 3 is 2.92 bits per heavy atom. The van der Waals surface area contributed by atoms with Crippen LogP contribution in [0, 0.1) is 0 Å². The first-order chi connectivity index (χ1) is 5.74. The van der Waals surface area contributed by atoms with E-state index in [-0.39, 0.29) is 0 Å². The van der Waals surface area contributed by atoms with Crippen LogP contribution >= 0.6 is 11.6 Å². The summed E-state index contributed by atoms with van der Waals surface area (Å²) in [4.78, 5) is 4.19. The van der Waals surface area contributed by atoms with E-state index in [2.05, 4.69) is 24.1 Å². The molecule has 3 heteroatoms. The highest BCUT2D eigenvalue weighted by molar-refractivity contribution is 6.17. The highest BCUT2D eigenvalue weighted by Crippen LogP contribution is 2.14. The molecule has 0 radical (unpaired) electrons. The lowest BCUT2D eigenvalue weighted by Gasteiger charge is -2.11. The highest BCUT2D eigenvalue weighted by Gasteiger charge is 2.01. The summed E-state index contributed by atoms with van der Waals surface area (Å²) in [6, 6.07) is 4.26. The van der Waals surface area contributed by atoms with Gasteiger partial charge in [-0.3, -0.25) is 0 Å². The molecule has 0 bridgehead atoms. The number of aromatic nitrogens is 1. The Labute approximate surface area is 78.0 Å². The molecule has 1 rings (SSSR count). The number of hydrogen-bond acceptors (Lipinski definition) is 2. The first-order valence-corrected chi connectivity index (χ1v) is 4.54. The van der Waals surface area contributed by atoms with Gasteiger partial charge in [-0.25, -0.2) is 4.98 Å². The third-order valence-corrected chi connectivity index (χ3v) is 1.75. The molecule has 0 atom stereocenters. The van der Waals surface area contributed by atoms with Gasteiger partial charge in [-0.1, -0.05) is 6.07 Å². The van der Waals surface area contributed by atoms with Gasteiger partial charge in [0.1, 0.15) is 5.82 Å². The minimum atomic E-state index is 0.391. The van der Waals surface area contributed by atoms with Crippen molar-refractivity contribution < 1.29 is 0 Å². The third kappa shape index (κ3) is 2.38. The fraction of sp³-hybridized carbons (Fsp3) is 0.444. The molecule has 1 N–H and O–H groups in total. The van der Waals surface area contributed by atoms with Crippen molar-refractivity contribution in [1.29, 1.82) is 0 Å². The Kier molecular flexibility index (Phi) is 3.35. The van der Waals surface area contributed by atoms with E-state index >= 15 is 0 Å². The maximum Gasteiger partial charge on any atom is 0.130 e. The van der Waals surface area contributed by atoms with E-state index < -0.39 is 0 Å². The lowest BCUT2D eigenvalue weighted by Crippen LogP contribution is -2.12. The first kappa shape index (κ1) is 9.33. The maximum absolute atomic E-state index is 5.74. The minimum absolute atomic E-state index is 0.391. The quantitative estimate of drug-likeness (QED) is 0.731. The van der Waals surface area contributed by atoms with Gasteiger partial charge < -0.3 is 5.32 Å². The largest absolute Gasteiger partial charge is 0.368 e. The number of pyridine rings is 1. The summed E-state index contributed by atoms with van der Waals surface area (Å²) >= 11 is 5.74. The number of halogens is 1. The van der Waals surface area contributed by atoms with Crippen LogP contribution < -0.4 is 5.32 Å². The van der Waals surface area contributed by atoms with Crippen molar-refractivity contribution in [2.45, 2.75) is 25.8 Å². The number of hydrogen-bond donors (Lipinski definition) is 1. The normalized spacial score (nSPS) is 10.3. The Balaban J connectivity index is 2.82. The molecule has 0 amide bonds. The van der Waals surface area contributed by atoms with Crippen LogP contribution in [-0.2, 0) is 5.88 Å². The molecule has 0 spiro atoms. The first-order valence-electron chi connectivity index (χ1n) is 4.00. The summed E-state index contributed by atoms with van der Waals surface area (Å²) in [6.07, 6.45) is 1.76. The zero-order valence-electron chi connectivity index (χ0n) is 7.34. The molecule has 0 aliphatic rings. The van der Waals surface area contributed by atoms with Gasteiger partial charge in [0, 0.05) is 17.8 Å². The van der Waals surface area contributed by atoms with E-state index in [0.29, 0.717) is 11.9 Å². The maximum atomic E-state index is 5.74. The van der Waals surface area contributed by atoms with Gasteiger partial charge in [0.25, 0.3) is 0 Å². The Bertz CT molecular complexity index is 248. The molecule has 1 heterocycles. The van der Waals surface area contributed by atoms with Crippen LogP contribution in [0.5, 0.6) is 0 Å². The number of anilines is 1. The second-order valence-corrected chi connectivity index (χ2v) is 3.21. The fourth-order valence-corrected chi connectivity index (χ4v) is 1.17. The van der Waals surface area contributed by atoms with Crippen LogP contribution in [0.1, 0.15) is 19.4 Å². The standard InChI is InChI=1S/C9H13ClN2/c1-7(2)12-9-8(6-10)4-3-5-11-9/h3-5,7H,6H2,1-2H3,(H,11,12). The van der Waals surface area contributed by atoms with Crippen LogP contribution in [0.15, 0.2) is 18.3 Å². The van der Waals surface area contributed by atoms with Gasteiger partial charge in [0.05, 0.1) is 5.88 Å². The van der Waals surface area contributed by atoms with Crippen molar-refractivity contribution in [1.82, 2.24) is 4.98 Å². The lowest BCUT2D eigenvalue weighted by molar-refractivity contribution is 0.885. The second kappa shape index (κ2) is 4.31. The van der Waals surface area contributed by atoms with E-state index in [4.69, 9.17) is 11.6 Å². The van der Waals surface area contributed by atoms with Crippen LogP contribution in [0.25, 0.3) is 0 Å². The van der Waals surface area contributed by atoms with Gasteiger partial charge in [-0.15, -0.1) is 11.6 Å². The van der Waals surface area contributed by atoms with Crippen LogP contribution in [0.4, 0.5) is 5.82 Å². The monoisotopic (exact) mass is 184 g/mol. The molecule has 1 aromatic rings. The van der Waals surface area contributed by atoms with Gasteiger partial charge in [-0.05, 0) is 19.9 Å². The van der Waals surface area contributed by atoms with Gasteiger partial charge in [0.15, 0.2) is 0 Å². The van der Waals surface area contributed by atoms with Crippen LogP contribution in [0.2, 0.25) is 0 Å². The summed E-state index contributed by atoms with van der Waals surface area (Å²) in [6.45, 7) is 4.15. The average molecular weight is 185 g/mol. The van der Waals surface area contributed by atoms with Crippen molar-refractivity contribution in [2.75, 3.05) is 5.32 Å². The molecule has 1 aromatic heterocycles. The molecule has 0 unspecified atom stereocenters. The van der Waals surface area contributed by atoms with Crippen LogP contribution in [-0.4, -0.2) is 11.0 Å². The van der Waals surface area contributed by atoms with E-state index in [1.54, 1.807) is 6.20 Å². The number of rotatable bonds is 3. The molecule has 2 nitrogen and oxygen atoms in total. The minimum Gasteiger partial charge on any atom is -0.368 e. The SMILES string of the molecule is CC(C)Nc1ncccc1CCl. The van der Waals surface area contributed by atoms with Crippen molar-refractivity contribution >= 4 is 17.4 Å². The van der Waals surface area contributed by atoms with Crippen molar-refractivity contribution in [3.8, 4) is 0 Å². The third-order valence-electron chi connectivity index (χ3n) is 1.46. The van der Waals surface area contributed by atoms with E-state index in [1.807, 2.05) is 12.1 Å². The van der Waals surface area contributed by atoms with E-state index in [1.165, 1.54) is 0 Å². The second-order valence-electron chi connectivity index (χ2n) is 2.94. The Morgan fingerprint density at radius 2 is 2.33 bits per heavy atom. The number of alkyl halides is 1. The van der Waals surface area contributed by atoms with E-state index in [0.717, 1.165) is 11.4 Å². The molecule has 0 aliphatic heterocycles. The topological polar surface area (TPSA) is 24.9 Å². The molecule has 0 aliphatic carbocycles. The average Bonchev–Trinajstić information content (AvgIpc) is 2.04. The predicted molar refractivity (Wildman–Crippen MR) is 52.6 cm³/mol. The molecule has 12 heavy (non-hydrogen) atoms. The number of nitrogens with one attached hydrogen (secondary N) is 1. The summed E-state index contributed by atoms with van der Waals surface area (Å²) in [7, 11) is 0. The Hall–Kier alpha value is -0.760. The van der Waals surface area contributed by atoms with Gasteiger partial charge in [0.2, 0.25) is 0 Å². The molecule has 0 fully saturated rings. The van der Waals surface area contributed by atoms with Crippen LogP contribution in [0.3, 0.4) is 0 Å². The molecular weight excluding hydrogens is 172 g/mol. The predicted octanol–water partition coefficient (Wildman–Crippen LogP) is 2.64. The highest BCUT2D eigenvalue weighted by atomic mass is 35.5. The van der Waals surface area contributed by atoms with E-state index in [9.17, 15) is 0 Å². The summed E-state index contributed by atoms with van der Waals surface area (Å²) in [5.74, 6) is 1.39. The van der Waals surface area contributed by atoms with Gasteiger partial charge >= 0.3 is 0 Å².